The maximum absolute atomic E-state index is 13.5. The van der Waals surface area contributed by atoms with Gasteiger partial charge in [-0.3, -0.25) is 0 Å². The Balaban J connectivity index is 2.10. The molecule has 0 aliphatic carbocycles. The van der Waals surface area contributed by atoms with Crippen molar-refractivity contribution in [3.63, 3.8) is 0 Å². The SMILES string of the molecule is Cc1cccc(NC(=O)Nc2cc(F)c(Br)cc2C)c1. The van der Waals surface area contributed by atoms with Gasteiger partial charge in [-0.25, -0.2) is 9.18 Å². The summed E-state index contributed by atoms with van der Waals surface area (Å²) in [6.07, 6.45) is 0. The van der Waals surface area contributed by atoms with E-state index in [1.807, 2.05) is 25.1 Å². The van der Waals surface area contributed by atoms with Crippen LogP contribution >= 0.6 is 15.9 Å². The fourth-order valence-corrected chi connectivity index (χ4v) is 2.25. The molecule has 0 heterocycles. The molecule has 104 valence electrons. The highest BCUT2D eigenvalue weighted by Gasteiger charge is 2.08. The summed E-state index contributed by atoms with van der Waals surface area (Å²) in [6.45, 7) is 3.74. The highest BCUT2D eigenvalue weighted by atomic mass is 79.9. The Morgan fingerprint density at radius 1 is 1.15 bits per heavy atom. The molecule has 0 unspecified atom stereocenters. The second-order valence-electron chi connectivity index (χ2n) is 4.53. The van der Waals surface area contributed by atoms with Crippen molar-refractivity contribution in [2.45, 2.75) is 13.8 Å². The average Bonchev–Trinajstić information content (AvgIpc) is 2.36. The molecule has 0 saturated heterocycles. The number of carbonyl (C=O) groups excluding carboxylic acids is 1. The normalized spacial score (nSPS) is 10.2. The fourth-order valence-electron chi connectivity index (χ4n) is 1.79. The average molecular weight is 337 g/mol. The first-order chi connectivity index (χ1) is 9.45. The van der Waals surface area contributed by atoms with Crippen molar-refractivity contribution in [3.05, 3.63) is 57.8 Å². The first-order valence-electron chi connectivity index (χ1n) is 6.06. The minimum Gasteiger partial charge on any atom is -0.308 e. The van der Waals surface area contributed by atoms with E-state index in [1.54, 1.807) is 19.1 Å². The van der Waals surface area contributed by atoms with E-state index in [-0.39, 0.29) is 0 Å². The van der Waals surface area contributed by atoms with Gasteiger partial charge in [0.25, 0.3) is 0 Å². The summed E-state index contributed by atoms with van der Waals surface area (Å²) in [4.78, 5) is 11.9. The maximum Gasteiger partial charge on any atom is 0.323 e. The molecule has 0 fully saturated rings. The number of carbonyl (C=O) groups is 1. The van der Waals surface area contributed by atoms with Crippen molar-refractivity contribution in [1.82, 2.24) is 0 Å². The smallest absolute Gasteiger partial charge is 0.308 e. The molecule has 0 radical (unpaired) electrons. The van der Waals surface area contributed by atoms with Gasteiger partial charge >= 0.3 is 6.03 Å². The molecule has 3 nitrogen and oxygen atoms in total. The van der Waals surface area contributed by atoms with E-state index < -0.39 is 11.8 Å². The van der Waals surface area contributed by atoms with Crippen LogP contribution in [-0.2, 0) is 0 Å². The number of amides is 2. The predicted molar refractivity (Wildman–Crippen MR) is 82.7 cm³/mol. The Bertz CT molecular complexity index is 658. The molecule has 2 aromatic carbocycles. The van der Waals surface area contributed by atoms with Crippen LogP contribution in [0.25, 0.3) is 0 Å². The second kappa shape index (κ2) is 6.05. The molecule has 0 aliphatic rings. The molecule has 2 amide bonds. The lowest BCUT2D eigenvalue weighted by atomic mass is 10.2. The van der Waals surface area contributed by atoms with E-state index in [4.69, 9.17) is 0 Å². The lowest BCUT2D eigenvalue weighted by Crippen LogP contribution is -2.20. The van der Waals surface area contributed by atoms with Gasteiger partial charge in [0.1, 0.15) is 5.82 Å². The quantitative estimate of drug-likeness (QED) is 0.808. The van der Waals surface area contributed by atoms with Gasteiger partial charge in [0, 0.05) is 11.4 Å². The molecule has 5 heteroatoms. The first-order valence-corrected chi connectivity index (χ1v) is 6.85. The summed E-state index contributed by atoms with van der Waals surface area (Å²) in [6, 6.07) is 9.95. The van der Waals surface area contributed by atoms with Crippen molar-refractivity contribution < 1.29 is 9.18 Å². The molecule has 0 bridgehead atoms. The number of aryl methyl sites for hydroxylation is 2. The number of halogens is 2. The van der Waals surface area contributed by atoms with Crippen LogP contribution < -0.4 is 10.6 Å². The maximum atomic E-state index is 13.5. The standard InChI is InChI=1S/C15H14BrFN2O/c1-9-4-3-5-11(6-9)18-15(20)19-14-8-13(17)12(16)7-10(14)2/h3-8H,1-2H3,(H2,18,19,20). The van der Waals surface area contributed by atoms with Gasteiger partial charge in [-0.1, -0.05) is 12.1 Å². The van der Waals surface area contributed by atoms with Gasteiger partial charge in [-0.2, -0.15) is 0 Å². The molecule has 2 N–H and O–H groups in total. The topological polar surface area (TPSA) is 41.1 Å². The van der Waals surface area contributed by atoms with Crippen LogP contribution in [0.15, 0.2) is 40.9 Å². The van der Waals surface area contributed by atoms with E-state index in [1.165, 1.54) is 6.07 Å². The largest absolute Gasteiger partial charge is 0.323 e. The van der Waals surface area contributed by atoms with Crippen LogP contribution in [0.5, 0.6) is 0 Å². The summed E-state index contributed by atoms with van der Waals surface area (Å²) < 4.78 is 13.8. The summed E-state index contributed by atoms with van der Waals surface area (Å²) in [5, 5.41) is 5.34. The number of hydrogen-bond donors (Lipinski definition) is 2. The summed E-state index contributed by atoms with van der Waals surface area (Å²) in [7, 11) is 0. The Labute approximate surface area is 125 Å². The van der Waals surface area contributed by atoms with Crippen LogP contribution in [0.3, 0.4) is 0 Å². The Kier molecular flexibility index (Phi) is 4.39. The van der Waals surface area contributed by atoms with Crippen LogP contribution in [-0.4, -0.2) is 6.03 Å². The van der Waals surface area contributed by atoms with E-state index in [9.17, 15) is 9.18 Å². The van der Waals surface area contributed by atoms with Gasteiger partial charge in [-0.15, -0.1) is 0 Å². The molecule has 0 atom stereocenters. The number of rotatable bonds is 2. The molecular formula is C15H14BrFN2O. The predicted octanol–water partition coefficient (Wildman–Crippen LogP) is 4.85. The van der Waals surface area contributed by atoms with Crippen molar-refractivity contribution in [3.8, 4) is 0 Å². The minimum atomic E-state index is -0.415. The lowest BCUT2D eigenvalue weighted by molar-refractivity contribution is 0.262. The van der Waals surface area contributed by atoms with Crippen LogP contribution in [0.2, 0.25) is 0 Å². The van der Waals surface area contributed by atoms with Gasteiger partial charge in [-0.05, 0) is 65.2 Å². The van der Waals surface area contributed by atoms with E-state index in [0.717, 1.165) is 11.1 Å². The van der Waals surface area contributed by atoms with Gasteiger partial charge < -0.3 is 10.6 Å². The third-order valence-corrected chi connectivity index (χ3v) is 3.40. The molecule has 20 heavy (non-hydrogen) atoms. The van der Waals surface area contributed by atoms with E-state index >= 15 is 0 Å². The number of nitrogens with one attached hydrogen (secondary N) is 2. The van der Waals surface area contributed by atoms with Crippen LogP contribution in [0, 0.1) is 19.7 Å². The lowest BCUT2D eigenvalue weighted by Gasteiger charge is -2.11. The molecule has 0 aromatic heterocycles. The second-order valence-corrected chi connectivity index (χ2v) is 5.38. The number of anilines is 2. The van der Waals surface area contributed by atoms with Gasteiger partial charge in [0.2, 0.25) is 0 Å². The third-order valence-electron chi connectivity index (χ3n) is 2.79. The molecule has 2 aromatic rings. The Morgan fingerprint density at radius 3 is 2.60 bits per heavy atom. The minimum absolute atomic E-state index is 0.375. The zero-order valence-electron chi connectivity index (χ0n) is 11.1. The highest BCUT2D eigenvalue weighted by molar-refractivity contribution is 9.10. The fraction of sp³-hybridized carbons (Fsp3) is 0.133. The molecule has 2 rings (SSSR count). The number of hydrogen-bond acceptors (Lipinski definition) is 1. The summed E-state index contributed by atoms with van der Waals surface area (Å²) >= 11 is 3.10. The number of urea groups is 1. The van der Waals surface area contributed by atoms with Gasteiger partial charge in [0.05, 0.1) is 4.47 Å². The van der Waals surface area contributed by atoms with Crippen LogP contribution in [0.1, 0.15) is 11.1 Å². The van der Waals surface area contributed by atoms with Crippen LogP contribution in [0.4, 0.5) is 20.6 Å². The van der Waals surface area contributed by atoms with Crippen molar-refractivity contribution >= 4 is 33.3 Å². The van der Waals surface area contributed by atoms with Crippen molar-refractivity contribution in [1.29, 1.82) is 0 Å². The Hall–Kier alpha value is -1.88. The van der Waals surface area contributed by atoms with E-state index in [2.05, 4.69) is 26.6 Å². The van der Waals surface area contributed by atoms with Crippen molar-refractivity contribution in [2.75, 3.05) is 10.6 Å². The van der Waals surface area contributed by atoms with Gasteiger partial charge in [0.15, 0.2) is 0 Å². The zero-order chi connectivity index (χ0) is 14.7. The third kappa shape index (κ3) is 3.57. The highest BCUT2D eigenvalue weighted by Crippen LogP contribution is 2.24. The first kappa shape index (κ1) is 14.5. The zero-order valence-corrected chi connectivity index (χ0v) is 12.7. The molecule has 0 aliphatic heterocycles. The summed E-state index contributed by atoms with van der Waals surface area (Å²) in [5.41, 5.74) is 2.96. The molecule has 0 spiro atoms. The number of benzene rings is 2. The molecule has 0 saturated carbocycles. The van der Waals surface area contributed by atoms with Crippen molar-refractivity contribution in [2.24, 2.45) is 0 Å². The van der Waals surface area contributed by atoms with E-state index in [0.29, 0.717) is 15.8 Å². The molecular weight excluding hydrogens is 323 g/mol. The summed E-state index contributed by atoms with van der Waals surface area (Å²) in [5.74, 6) is -0.415. The Morgan fingerprint density at radius 2 is 1.90 bits per heavy atom. The monoisotopic (exact) mass is 336 g/mol.